The molecular formula is C35H31F2N5O2. The third kappa shape index (κ3) is 6.27. The maximum Gasteiger partial charge on any atom is 0.200 e. The molecule has 9 heteroatoms. The molecule has 0 unspecified atom stereocenters. The largest absolute Gasteiger partial charge is 0.454 e. The quantitative estimate of drug-likeness (QED) is 0.194. The molecule has 0 atom stereocenters. The Balaban J connectivity index is 0.00000188. The second-order valence-corrected chi connectivity index (χ2v) is 9.74. The number of ether oxygens (including phenoxy) is 1. The second-order valence-electron chi connectivity index (χ2n) is 9.74. The maximum atomic E-state index is 15.2. The third-order valence-electron chi connectivity index (χ3n) is 6.95. The van der Waals surface area contributed by atoms with Crippen molar-refractivity contribution in [3.8, 4) is 22.6 Å². The zero-order valence-corrected chi connectivity index (χ0v) is 24.5. The molecule has 0 saturated carbocycles. The molecule has 7 nitrogen and oxygen atoms in total. The van der Waals surface area contributed by atoms with Crippen molar-refractivity contribution in [3.05, 3.63) is 137 Å². The minimum atomic E-state index is -0.622. The highest BCUT2D eigenvalue weighted by atomic mass is 19.1. The lowest BCUT2D eigenvalue weighted by Crippen LogP contribution is -2.15. The molecule has 0 aliphatic rings. The van der Waals surface area contributed by atoms with Gasteiger partial charge in [-0.15, -0.1) is 0 Å². The molecule has 0 aliphatic heterocycles. The van der Waals surface area contributed by atoms with E-state index in [1.54, 1.807) is 49.6 Å². The van der Waals surface area contributed by atoms with E-state index in [0.717, 1.165) is 5.56 Å². The molecule has 222 valence electrons. The Morgan fingerprint density at radius 3 is 2.34 bits per heavy atom. The number of nitrogens with two attached hydrogens (primary N) is 1. The van der Waals surface area contributed by atoms with Gasteiger partial charge in [0, 0.05) is 48.0 Å². The van der Waals surface area contributed by atoms with Crippen LogP contribution in [0, 0.1) is 18.6 Å². The molecule has 3 aromatic carbocycles. The lowest BCUT2D eigenvalue weighted by molar-refractivity contribution is 0.439. The minimum Gasteiger partial charge on any atom is -0.454 e. The summed E-state index contributed by atoms with van der Waals surface area (Å²) in [5.74, 6) is -0.0667. The zero-order chi connectivity index (χ0) is 31.2. The number of fused-ring (bicyclic) bond motifs is 1. The van der Waals surface area contributed by atoms with E-state index in [2.05, 4.69) is 15.3 Å². The monoisotopic (exact) mass is 591 g/mol. The number of nitrogens with zero attached hydrogens (tertiary/aromatic N) is 3. The van der Waals surface area contributed by atoms with Crippen LogP contribution in [0.3, 0.4) is 0 Å². The average Bonchev–Trinajstić information content (AvgIpc) is 3.04. The first-order chi connectivity index (χ1) is 21.4. The highest BCUT2D eigenvalue weighted by Crippen LogP contribution is 2.32. The van der Waals surface area contributed by atoms with Gasteiger partial charge in [0.05, 0.1) is 10.9 Å². The van der Waals surface area contributed by atoms with Crippen molar-refractivity contribution in [2.75, 3.05) is 11.1 Å². The van der Waals surface area contributed by atoms with E-state index >= 15 is 4.39 Å². The van der Waals surface area contributed by atoms with Crippen LogP contribution >= 0.6 is 0 Å². The molecule has 0 radical (unpaired) electrons. The fourth-order valence-electron chi connectivity index (χ4n) is 4.73. The number of aromatic nitrogens is 3. The van der Waals surface area contributed by atoms with Crippen molar-refractivity contribution in [1.29, 1.82) is 0 Å². The number of nitrogen functional groups attached to an aromatic ring is 1. The van der Waals surface area contributed by atoms with Crippen LogP contribution in [-0.4, -0.2) is 14.5 Å². The Kier molecular flexibility index (Phi) is 8.95. The van der Waals surface area contributed by atoms with E-state index in [9.17, 15) is 9.18 Å². The van der Waals surface area contributed by atoms with Gasteiger partial charge in [-0.1, -0.05) is 56.3 Å². The number of anilines is 3. The predicted octanol–water partition coefficient (Wildman–Crippen LogP) is 8.24. The first kappa shape index (κ1) is 29.9. The van der Waals surface area contributed by atoms with Crippen LogP contribution in [0.1, 0.15) is 25.0 Å². The Labute approximate surface area is 253 Å². The molecule has 0 fully saturated rings. The highest BCUT2D eigenvalue weighted by molar-refractivity contribution is 5.93. The van der Waals surface area contributed by atoms with Crippen molar-refractivity contribution in [1.82, 2.24) is 14.5 Å². The molecule has 0 aliphatic carbocycles. The van der Waals surface area contributed by atoms with Gasteiger partial charge < -0.3 is 20.4 Å². The Morgan fingerprint density at radius 1 is 0.886 bits per heavy atom. The molecule has 3 aromatic heterocycles. The van der Waals surface area contributed by atoms with Crippen LogP contribution in [0.4, 0.5) is 26.1 Å². The summed E-state index contributed by atoms with van der Waals surface area (Å²) in [6.45, 7) is 6.22. The summed E-state index contributed by atoms with van der Waals surface area (Å²) >= 11 is 0. The number of hydrogen-bond donors (Lipinski definition) is 2. The Hall–Kier alpha value is -5.57. The van der Waals surface area contributed by atoms with Crippen molar-refractivity contribution >= 4 is 28.2 Å². The molecule has 3 N–H and O–H groups in total. The third-order valence-corrected chi connectivity index (χ3v) is 6.95. The van der Waals surface area contributed by atoms with Gasteiger partial charge in [0.1, 0.15) is 23.2 Å². The molecule has 3 heterocycles. The van der Waals surface area contributed by atoms with Gasteiger partial charge in [-0.05, 0) is 54.4 Å². The number of hydrogen-bond acceptors (Lipinski definition) is 6. The van der Waals surface area contributed by atoms with Gasteiger partial charge in [-0.2, -0.15) is 0 Å². The number of pyridine rings is 3. The molecule has 44 heavy (non-hydrogen) atoms. The summed E-state index contributed by atoms with van der Waals surface area (Å²) in [6, 6.07) is 23.3. The fourth-order valence-corrected chi connectivity index (χ4v) is 4.73. The predicted molar refractivity (Wildman–Crippen MR) is 171 cm³/mol. The summed E-state index contributed by atoms with van der Waals surface area (Å²) in [4.78, 5) is 22.4. The standard InChI is InChI=1S/C33H25F2N5O2.C2H6/c1-20-28(14-16-37-32(20)36)42-29-12-11-24(17-26(29)35)39-33-30-27(13-15-38-33)40(18-21-5-3-2-4-6-21)19-25(31(30)41)22-7-9-23(34)10-8-22;1-2/h2-17,19H,18H2,1H3,(H2,36,37)(H,38,39);1-2H3. The van der Waals surface area contributed by atoms with Crippen molar-refractivity contribution in [3.63, 3.8) is 0 Å². The summed E-state index contributed by atoms with van der Waals surface area (Å²) in [6.07, 6.45) is 4.85. The van der Waals surface area contributed by atoms with Gasteiger partial charge >= 0.3 is 0 Å². The van der Waals surface area contributed by atoms with Crippen LogP contribution in [0.15, 0.2) is 108 Å². The topological polar surface area (TPSA) is 95.1 Å². The van der Waals surface area contributed by atoms with Crippen LogP contribution in [0.25, 0.3) is 22.0 Å². The Bertz CT molecular complexity index is 1980. The molecular weight excluding hydrogens is 560 g/mol. The first-order valence-electron chi connectivity index (χ1n) is 14.1. The van der Waals surface area contributed by atoms with Crippen LogP contribution in [-0.2, 0) is 6.54 Å². The highest BCUT2D eigenvalue weighted by Gasteiger charge is 2.17. The number of benzene rings is 3. The first-order valence-corrected chi connectivity index (χ1v) is 14.1. The fraction of sp³-hybridized carbons (Fsp3) is 0.114. The van der Waals surface area contributed by atoms with E-state index in [1.165, 1.54) is 30.5 Å². The second kappa shape index (κ2) is 13.2. The van der Waals surface area contributed by atoms with Gasteiger partial charge in [-0.3, -0.25) is 4.79 Å². The van der Waals surface area contributed by atoms with E-state index in [-0.39, 0.29) is 17.0 Å². The lowest BCUT2D eigenvalue weighted by atomic mass is 10.0. The van der Waals surface area contributed by atoms with Gasteiger partial charge in [0.15, 0.2) is 11.6 Å². The summed E-state index contributed by atoms with van der Waals surface area (Å²) in [7, 11) is 0. The smallest absolute Gasteiger partial charge is 0.200 e. The summed E-state index contributed by atoms with van der Waals surface area (Å²) in [5, 5.41) is 3.43. The maximum absolute atomic E-state index is 15.2. The SMILES string of the molecule is CC.Cc1c(Oc2ccc(Nc3nccc4c3c(=O)c(-c3ccc(F)cc3)cn4Cc3ccccc3)cc2F)ccnc1N. The summed E-state index contributed by atoms with van der Waals surface area (Å²) < 4.78 is 36.6. The number of rotatable bonds is 7. The normalized spacial score (nSPS) is 10.7. The van der Waals surface area contributed by atoms with E-state index in [0.29, 0.717) is 51.4 Å². The van der Waals surface area contributed by atoms with E-state index in [4.69, 9.17) is 10.5 Å². The summed E-state index contributed by atoms with van der Waals surface area (Å²) in [5.41, 5.74) is 9.14. The average molecular weight is 592 g/mol. The van der Waals surface area contributed by atoms with Gasteiger partial charge in [-0.25, -0.2) is 18.7 Å². The van der Waals surface area contributed by atoms with E-state index in [1.807, 2.05) is 48.7 Å². The molecule has 6 rings (SSSR count). The van der Waals surface area contributed by atoms with Crippen LogP contribution in [0.5, 0.6) is 11.5 Å². The van der Waals surface area contributed by atoms with Crippen molar-refractivity contribution < 1.29 is 13.5 Å². The molecule has 0 bridgehead atoms. The molecule has 0 amide bonds. The van der Waals surface area contributed by atoms with Crippen molar-refractivity contribution in [2.24, 2.45) is 0 Å². The molecule has 0 saturated heterocycles. The minimum absolute atomic E-state index is 0.00365. The van der Waals surface area contributed by atoms with Gasteiger partial charge in [0.2, 0.25) is 5.43 Å². The number of halogens is 2. The van der Waals surface area contributed by atoms with Crippen molar-refractivity contribution in [2.45, 2.75) is 27.3 Å². The Morgan fingerprint density at radius 2 is 1.61 bits per heavy atom. The van der Waals surface area contributed by atoms with E-state index < -0.39 is 11.6 Å². The van der Waals surface area contributed by atoms with Crippen LogP contribution < -0.4 is 21.2 Å². The number of nitrogens with one attached hydrogen (secondary N) is 1. The van der Waals surface area contributed by atoms with Gasteiger partial charge in [0.25, 0.3) is 0 Å². The lowest BCUT2D eigenvalue weighted by Gasteiger charge is -2.17. The molecule has 6 aromatic rings. The zero-order valence-electron chi connectivity index (χ0n) is 24.5. The molecule has 0 spiro atoms. The van der Waals surface area contributed by atoms with Crippen LogP contribution in [0.2, 0.25) is 0 Å².